The molecule has 0 bridgehead atoms. The molecule has 0 amide bonds. The van der Waals surface area contributed by atoms with E-state index in [1.54, 1.807) is 18.2 Å². The smallest absolute Gasteiger partial charge is 0.340 e. The van der Waals surface area contributed by atoms with Crippen molar-refractivity contribution in [1.82, 2.24) is 0 Å². The van der Waals surface area contributed by atoms with Gasteiger partial charge in [-0.05, 0) is 10.5 Å². The zero-order chi connectivity index (χ0) is 12.3. The summed E-state index contributed by atoms with van der Waals surface area (Å²) in [6.07, 6.45) is -0.142. The van der Waals surface area contributed by atoms with Gasteiger partial charge in [-0.1, -0.05) is 40.7 Å². The minimum absolute atomic E-state index is 0.142. The highest BCUT2D eigenvalue weighted by molar-refractivity contribution is 9.11. The summed E-state index contributed by atoms with van der Waals surface area (Å²) >= 11 is 3.04. The van der Waals surface area contributed by atoms with Gasteiger partial charge in [0.15, 0.2) is 5.60 Å². The number of halogens is 1. The van der Waals surface area contributed by atoms with E-state index in [0.29, 0.717) is 4.48 Å². The lowest BCUT2D eigenvalue weighted by Gasteiger charge is -2.24. The molecule has 0 spiro atoms. The Morgan fingerprint density at radius 2 is 2.06 bits per heavy atom. The SMILES string of the molecule is C=C(Br)CC(O)(C(=O)O)c1ccccc1N. The van der Waals surface area contributed by atoms with E-state index in [0.717, 1.165) is 0 Å². The molecule has 4 N–H and O–H groups in total. The molecule has 0 radical (unpaired) electrons. The molecule has 1 unspecified atom stereocenters. The molecule has 0 heterocycles. The van der Waals surface area contributed by atoms with Crippen molar-refractivity contribution in [1.29, 1.82) is 0 Å². The molecule has 0 fully saturated rings. The maximum Gasteiger partial charge on any atom is 0.340 e. The zero-order valence-corrected chi connectivity index (χ0v) is 10.1. The van der Waals surface area contributed by atoms with E-state index in [2.05, 4.69) is 22.5 Å². The Hall–Kier alpha value is -1.33. The topological polar surface area (TPSA) is 83.5 Å². The first-order valence-electron chi connectivity index (χ1n) is 4.52. The van der Waals surface area contributed by atoms with Gasteiger partial charge in [-0.15, -0.1) is 0 Å². The summed E-state index contributed by atoms with van der Waals surface area (Å²) in [5, 5.41) is 19.2. The first-order chi connectivity index (χ1) is 7.38. The number of carboxylic acids is 1. The molecule has 0 aliphatic rings. The van der Waals surface area contributed by atoms with E-state index < -0.39 is 11.6 Å². The summed E-state index contributed by atoms with van der Waals surface area (Å²) in [4.78, 5) is 11.1. The highest BCUT2D eigenvalue weighted by Gasteiger charge is 2.39. The van der Waals surface area contributed by atoms with Gasteiger partial charge in [0.05, 0.1) is 0 Å². The number of nitrogen functional groups attached to an aromatic ring is 1. The van der Waals surface area contributed by atoms with Crippen LogP contribution in [0, 0.1) is 0 Å². The second kappa shape index (κ2) is 4.67. The van der Waals surface area contributed by atoms with Gasteiger partial charge in [-0.25, -0.2) is 4.79 Å². The van der Waals surface area contributed by atoms with Gasteiger partial charge in [-0.2, -0.15) is 0 Å². The number of para-hydroxylation sites is 1. The predicted octanol–water partition coefficient (Wildman–Crippen LogP) is 1.84. The summed E-state index contributed by atoms with van der Waals surface area (Å²) in [6, 6.07) is 6.32. The molecule has 1 rings (SSSR count). The summed E-state index contributed by atoms with van der Waals surface area (Å²) in [7, 11) is 0. The van der Waals surface area contributed by atoms with Crippen molar-refractivity contribution >= 4 is 27.6 Å². The molecule has 5 heteroatoms. The fourth-order valence-corrected chi connectivity index (χ4v) is 1.84. The number of aliphatic hydroxyl groups is 1. The van der Waals surface area contributed by atoms with Gasteiger partial charge in [0.1, 0.15) is 0 Å². The number of benzene rings is 1. The zero-order valence-electron chi connectivity index (χ0n) is 8.48. The molecule has 1 aromatic carbocycles. The van der Waals surface area contributed by atoms with Gasteiger partial charge in [-0.3, -0.25) is 0 Å². The number of aliphatic carboxylic acids is 1. The molecule has 86 valence electrons. The molecular formula is C11H12BrNO3. The van der Waals surface area contributed by atoms with E-state index in [9.17, 15) is 9.90 Å². The summed E-state index contributed by atoms with van der Waals surface area (Å²) in [6.45, 7) is 3.53. The third-order valence-corrected chi connectivity index (χ3v) is 2.49. The Morgan fingerprint density at radius 1 is 1.50 bits per heavy atom. The third-order valence-electron chi connectivity index (χ3n) is 2.21. The van der Waals surface area contributed by atoms with Crippen LogP contribution in [0.5, 0.6) is 0 Å². The Kier molecular flexibility index (Phi) is 3.72. The van der Waals surface area contributed by atoms with Crippen molar-refractivity contribution in [2.45, 2.75) is 12.0 Å². The van der Waals surface area contributed by atoms with E-state index in [1.165, 1.54) is 6.07 Å². The van der Waals surface area contributed by atoms with Crippen molar-refractivity contribution in [3.63, 3.8) is 0 Å². The molecular weight excluding hydrogens is 274 g/mol. The van der Waals surface area contributed by atoms with E-state index >= 15 is 0 Å². The van der Waals surface area contributed by atoms with E-state index in [4.69, 9.17) is 10.8 Å². The van der Waals surface area contributed by atoms with Gasteiger partial charge in [0.25, 0.3) is 0 Å². The average molecular weight is 286 g/mol. The standard InChI is InChI=1S/C11H12BrNO3/c1-7(12)6-11(16,10(14)15)8-4-2-3-5-9(8)13/h2-5,16H,1,6,13H2,(H,14,15). The van der Waals surface area contributed by atoms with Crippen LogP contribution in [-0.4, -0.2) is 16.2 Å². The number of rotatable bonds is 4. The van der Waals surface area contributed by atoms with Gasteiger partial charge >= 0.3 is 5.97 Å². The van der Waals surface area contributed by atoms with E-state index in [1.807, 2.05) is 0 Å². The maximum atomic E-state index is 11.1. The summed E-state index contributed by atoms with van der Waals surface area (Å²) in [5.41, 5.74) is 4.01. The van der Waals surface area contributed by atoms with Crippen LogP contribution >= 0.6 is 15.9 Å². The fourth-order valence-electron chi connectivity index (χ4n) is 1.44. The van der Waals surface area contributed by atoms with Crippen molar-refractivity contribution in [3.05, 3.63) is 40.9 Å². The van der Waals surface area contributed by atoms with Gasteiger partial charge in [0.2, 0.25) is 0 Å². The molecule has 0 aromatic heterocycles. The van der Waals surface area contributed by atoms with Crippen molar-refractivity contribution < 1.29 is 15.0 Å². The van der Waals surface area contributed by atoms with Crippen molar-refractivity contribution in [2.75, 3.05) is 5.73 Å². The highest BCUT2D eigenvalue weighted by atomic mass is 79.9. The normalized spacial score (nSPS) is 14.1. The number of anilines is 1. The first kappa shape index (κ1) is 12.7. The predicted molar refractivity (Wildman–Crippen MR) is 65.1 cm³/mol. The summed E-state index contributed by atoms with van der Waals surface area (Å²) in [5.74, 6) is -1.36. The number of nitrogens with two attached hydrogens (primary N) is 1. The Balaban J connectivity index is 3.27. The largest absolute Gasteiger partial charge is 0.479 e. The Morgan fingerprint density at radius 3 is 2.50 bits per heavy atom. The number of carboxylic acid groups (broad SMARTS) is 1. The quantitative estimate of drug-likeness (QED) is 0.737. The van der Waals surface area contributed by atoms with Crippen LogP contribution in [0.2, 0.25) is 0 Å². The minimum atomic E-state index is -2.05. The Bertz CT molecular complexity index is 433. The van der Waals surface area contributed by atoms with Crippen LogP contribution in [0.4, 0.5) is 5.69 Å². The fraction of sp³-hybridized carbons (Fsp3) is 0.182. The molecule has 0 saturated carbocycles. The number of carbonyl (C=O) groups is 1. The third kappa shape index (κ3) is 2.43. The van der Waals surface area contributed by atoms with Crippen LogP contribution in [0.3, 0.4) is 0 Å². The average Bonchev–Trinajstić information content (AvgIpc) is 2.16. The lowest BCUT2D eigenvalue weighted by Crippen LogP contribution is -2.36. The lowest BCUT2D eigenvalue weighted by molar-refractivity contribution is -0.159. The molecule has 0 aliphatic carbocycles. The van der Waals surface area contributed by atoms with Crippen LogP contribution in [-0.2, 0) is 10.4 Å². The monoisotopic (exact) mass is 285 g/mol. The number of hydrogen-bond acceptors (Lipinski definition) is 3. The molecule has 1 atom stereocenters. The highest BCUT2D eigenvalue weighted by Crippen LogP contribution is 2.33. The second-order valence-electron chi connectivity index (χ2n) is 3.45. The molecule has 1 aromatic rings. The van der Waals surface area contributed by atoms with Crippen LogP contribution in [0.25, 0.3) is 0 Å². The minimum Gasteiger partial charge on any atom is -0.479 e. The van der Waals surface area contributed by atoms with Crippen molar-refractivity contribution in [2.24, 2.45) is 0 Å². The second-order valence-corrected chi connectivity index (χ2v) is 4.57. The molecule has 0 saturated heterocycles. The maximum absolute atomic E-state index is 11.1. The van der Waals surface area contributed by atoms with Crippen molar-refractivity contribution in [3.8, 4) is 0 Å². The molecule has 0 aliphatic heterocycles. The van der Waals surface area contributed by atoms with Gasteiger partial charge in [0, 0.05) is 17.7 Å². The molecule has 16 heavy (non-hydrogen) atoms. The Labute approximate surface area is 102 Å². The van der Waals surface area contributed by atoms with Crippen LogP contribution < -0.4 is 5.73 Å². The summed E-state index contributed by atoms with van der Waals surface area (Å²) < 4.78 is 0.389. The lowest BCUT2D eigenvalue weighted by atomic mass is 9.89. The van der Waals surface area contributed by atoms with E-state index in [-0.39, 0.29) is 17.7 Å². The van der Waals surface area contributed by atoms with Crippen LogP contribution in [0.15, 0.2) is 35.3 Å². The number of hydrogen-bond donors (Lipinski definition) is 3. The first-order valence-corrected chi connectivity index (χ1v) is 5.31. The van der Waals surface area contributed by atoms with Gasteiger partial charge < -0.3 is 15.9 Å². The van der Waals surface area contributed by atoms with Crippen LogP contribution in [0.1, 0.15) is 12.0 Å². The molecule has 4 nitrogen and oxygen atoms in total.